The summed E-state index contributed by atoms with van der Waals surface area (Å²) in [5, 5.41) is 11.6. The van der Waals surface area contributed by atoms with Gasteiger partial charge in [-0.2, -0.15) is 12.7 Å². The van der Waals surface area contributed by atoms with Gasteiger partial charge < -0.3 is 5.11 Å². The van der Waals surface area contributed by atoms with Crippen molar-refractivity contribution in [2.45, 2.75) is 51.5 Å². The van der Waals surface area contributed by atoms with Gasteiger partial charge >= 0.3 is 10.2 Å². The van der Waals surface area contributed by atoms with Gasteiger partial charge in [0.15, 0.2) is 5.13 Å². The largest absolute Gasteiger partial charge is 0.395 e. The molecule has 8 heteroatoms. The summed E-state index contributed by atoms with van der Waals surface area (Å²) in [5.74, 6) is 0. The van der Waals surface area contributed by atoms with E-state index in [1.54, 1.807) is 0 Å². The first-order valence-electron chi connectivity index (χ1n) is 7.10. The van der Waals surface area contributed by atoms with Gasteiger partial charge in [0.25, 0.3) is 0 Å². The fourth-order valence-electron chi connectivity index (χ4n) is 2.31. The Morgan fingerprint density at radius 1 is 1.48 bits per heavy atom. The number of piperidine rings is 1. The number of rotatable bonds is 4. The third kappa shape index (κ3) is 3.94. The molecule has 0 amide bonds. The fourth-order valence-corrected chi connectivity index (χ4v) is 4.91. The SMILES string of the molecule is CC(C)(C)c1csc(NS(=O)(=O)N2CCCCC2CO)n1. The molecule has 6 nitrogen and oxygen atoms in total. The van der Waals surface area contributed by atoms with E-state index in [1.165, 1.54) is 15.6 Å². The first-order valence-corrected chi connectivity index (χ1v) is 9.42. The molecular weight excluding hydrogens is 310 g/mol. The highest BCUT2D eigenvalue weighted by atomic mass is 32.2. The lowest BCUT2D eigenvalue weighted by molar-refractivity contribution is 0.156. The number of anilines is 1. The van der Waals surface area contributed by atoms with Crippen LogP contribution < -0.4 is 4.72 Å². The van der Waals surface area contributed by atoms with Crippen LogP contribution in [0, 0.1) is 0 Å². The maximum absolute atomic E-state index is 12.5. The highest BCUT2D eigenvalue weighted by molar-refractivity contribution is 7.90. The van der Waals surface area contributed by atoms with Crippen molar-refractivity contribution in [2.75, 3.05) is 17.9 Å². The molecule has 0 spiro atoms. The van der Waals surface area contributed by atoms with Crippen LogP contribution in [0.15, 0.2) is 5.38 Å². The maximum atomic E-state index is 12.5. The van der Waals surface area contributed by atoms with Crippen molar-refractivity contribution >= 4 is 26.7 Å². The average molecular weight is 333 g/mol. The van der Waals surface area contributed by atoms with E-state index in [0.29, 0.717) is 18.1 Å². The van der Waals surface area contributed by atoms with Crippen molar-refractivity contribution in [2.24, 2.45) is 0 Å². The predicted molar refractivity (Wildman–Crippen MR) is 84.8 cm³/mol. The molecule has 1 saturated heterocycles. The van der Waals surface area contributed by atoms with Crippen LogP contribution in [-0.2, 0) is 15.6 Å². The normalized spacial score (nSPS) is 21.4. The van der Waals surface area contributed by atoms with Gasteiger partial charge in [0.05, 0.1) is 12.3 Å². The zero-order valence-corrected chi connectivity index (χ0v) is 14.3. The third-order valence-electron chi connectivity index (χ3n) is 3.58. The predicted octanol–water partition coefficient (Wildman–Crippen LogP) is 1.94. The van der Waals surface area contributed by atoms with Gasteiger partial charge in [-0.05, 0) is 12.8 Å². The lowest BCUT2D eigenvalue weighted by Gasteiger charge is -2.33. The van der Waals surface area contributed by atoms with Gasteiger partial charge in [-0.25, -0.2) is 9.71 Å². The summed E-state index contributed by atoms with van der Waals surface area (Å²) in [7, 11) is -3.66. The average Bonchev–Trinajstić information content (AvgIpc) is 2.86. The second kappa shape index (κ2) is 6.20. The minimum atomic E-state index is -3.66. The van der Waals surface area contributed by atoms with Gasteiger partial charge in [0.2, 0.25) is 0 Å². The highest BCUT2D eigenvalue weighted by Gasteiger charge is 2.32. The van der Waals surface area contributed by atoms with E-state index in [0.717, 1.165) is 18.5 Å². The van der Waals surface area contributed by atoms with Crippen LogP contribution in [0.5, 0.6) is 0 Å². The molecular formula is C13H23N3O3S2. The van der Waals surface area contributed by atoms with Crippen molar-refractivity contribution in [1.29, 1.82) is 0 Å². The Labute approximate surface area is 130 Å². The summed E-state index contributed by atoms with van der Waals surface area (Å²) < 4.78 is 28.8. The molecule has 1 aliphatic heterocycles. The number of nitrogens with zero attached hydrogens (tertiary/aromatic N) is 2. The standard InChI is InChI=1S/C13H23N3O3S2/c1-13(2,3)11-9-20-12(14-11)15-21(18,19)16-7-5-4-6-10(16)8-17/h9-10,17H,4-8H2,1-3H3,(H,14,15). The number of hydrogen-bond donors (Lipinski definition) is 2. The first-order chi connectivity index (χ1) is 9.74. The van der Waals surface area contributed by atoms with Gasteiger partial charge in [0.1, 0.15) is 0 Å². The minimum Gasteiger partial charge on any atom is -0.395 e. The van der Waals surface area contributed by atoms with E-state index in [1.807, 2.05) is 26.2 Å². The Morgan fingerprint density at radius 2 is 2.19 bits per heavy atom. The molecule has 120 valence electrons. The molecule has 1 atom stereocenters. The quantitative estimate of drug-likeness (QED) is 0.882. The number of thiazole rings is 1. The highest BCUT2D eigenvalue weighted by Crippen LogP contribution is 2.28. The summed E-state index contributed by atoms with van der Waals surface area (Å²) in [6.07, 6.45) is 2.47. The van der Waals surface area contributed by atoms with E-state index in [2.05, 4.69) is 9.71 Å². The van der Waals surface area contributed by atoms with Crippen LogP contribution in [-0.4, -0.2) is 42.0 Å². The number of aliphatic hydroxyl groups is 1. The van der Waals surface area contributed by atoms with Crippen LogP contribution in [0.2, 0.25) is 0 Å². The first kappa shape index (κ1) is 16.7. The molecule has 0 saturated carbocycles. The second-order valence-corrected chi connectivity index (χ2v) is 8.82. The minimum absolute atomic E-state index is 0.112. The molecule has 2 heterocycles. The lowest BCUT2D eigenvalue weighted by atomic mass is 9.93. The molecule has 0 aromatic carbocycles. The van der Waals surface area contributed by atoms with Crippen LogP contribution in [0.3, 0.4) is 0 Å². The van der Waals surface area contributed by atoms with Crippen LogP contribution in [0.1, 0.15) is 45.7 Å². The summed E-state index contributed by atoms with van der Waals surface area (Å²) in [4.78, 5) is 4.35. The zero-order valence-electron chi connectivity index (χ0n) is 12.7. The molecule has 1 fully saturated rings. The van der Waals surface area contributed by atoms with Gasteiger partial charge in [0, 0.05) is 23.4 Å². The van der Waals surface area contributed by atoms with Crippen molar-refractivity contribution in [3.05, 3.63) is 11.1 Å². The van der Waals surface area contributed by atoms with Crippen molar-refractivity contribution in [3.8, 4) is 0 Å². The molecule has 1 aliphatic rings. The van der Waals surface area contributed by atoms with Crippen LogP contribution in [0.4, 0.5) is 5.13 Å². The Morgan fingerprint density at radius 3 is 2.76 bits per heavy atom. The monoisotopic (exact) mass is 333 g/mol. The molecule has 0 bridgehead atoms. The number of nitrogens with one attached hydrogen (secondary N) is 1. The van der Waals surface area contributed by atoms with Gasteiger partial charge in [-0.15, -0.1) is 11.3 Å². The van der Waals surface area contributed by atoms with Crippen molar-refractivity contribution in [1.82, 2.24) is 9.29 Å². The summed E-state index contributed by atoms with van der Waals surface area (Å²) in [6.45, 7) is 6.40. The maximum Gasteiger partial charge on any atom is 0.303 e. The smallest absolute Gasteiger partial charge is 0.303 e. The van der Waals surface area contributed by atoms with Crippen LogP contribution >= 0.6 is 11.3 Å². The molecule has 1 aromatic rings. The van der Waals surface area contributed by atoms with E-state index in [9.17, 15) is 13.5 Å². The number of aromatic nitrogens is 1. The Kier molecular flexibility index (Phi) is 4.92. The molecule has 0 radical (unpaired) electrons. The molecule has 1 unspecified atom stereocenters. The molecule has 2 N–H and O–H groups in total. The Hall–Kier alpha value is -0.700. The molecule has 2 rings (SSSR count). The zero-order chi connectivity index (χ0) is 15.7. The van der Waals surface area contributed by atoms with Gasteiger partial charge in [-0.1, -0.05) is 27.2 Å². The Balaban J connectivity index is 2.15. The van der Waals surface area contributed by atoms with Gasteiger partial charge in [-0.3, -0.25) is 0 Å². The van der Waals surface area contributed by atoms with Crippen molar-refractivity contribution in [3.63, 3.8) is 0 Å². The van der Waals surface area contributed by atoms with E-state index in [4.69, 9.17) is 0 Å². The molecule has 0 aliphatic carbocycles. The third-order valence-corrected chi connectivity index (χ3v) is 6.02. The number of hydrogen-bond acceptors (Lipinski definition) is 5. The Bertz CT molecular complexity index is 578. The summed E-state index contributed by atoms with van der Waals surface area (Å²) in [6, 6.07) is -0.335. The molecule has 1 aromatic heterocycles. The number of aliphatic hydroxyl groups excluding tert-OH is 1. The van der Waals surface area contributed by atoms with Crippen LogP contribution in [0.25, 0.3) is 0 Å². The topological polar surface area (TPSA) is 82.5 Å². The molecule has 21 heavy (non-hydrogen) atoms. The second-order valence-electron chi connectivity index (χ2n) is 6.34. The van der Waals surface area contributed by atoms with E-state index < -0.39 is 10.2 Å². The fraction of sp³-hybridized carbons (Fsp3) is 0.769. The summed E-state index contributed by atoms with van der Waals surface area (Å²) >= 11 is 1.29. The summed E-state index contributed by atoms with van der Waals surface area (Å²) in [5.41, 5.74) is 0.751. The lowest BCUT2D eigenvalue weighted by Crippen LogP contribution is -2.47. The van der Waals surface area contributed by atoms with Crippen molar-refractivity contribution < 1.29 is 13.5 Å². The van der Waals surface area contributed by atoms with E-state index in [-0.39, 0.29) is 18.1 Å². The van der Waals surface area contributed by atoms with E-state index >= 15 is 0 Å².